The molecule has 0 spiro atoms. The predicted molar refractivity (Wildman–Crippen MR) is 87.2 cm³/mol. The third-order valence-corrected chi connectivity index (χ3v) is 4.84. The molecule has 1 fully saturated rings. The van der Waals surface area contributed by atoms with Crippen LogP contribution in [0.5, 0.6) is 5.75 Å². The van der Waals surface area contributed by atoms with Crippen molar-refractivity contribution in [2.45, 2.75) is 50.6 Å². The van der Waals surface area contributed by atoms with Crippen LogP contribution in [-0.4, -0.2) is 31.1 Å². The minimum Gasteiger partial charge on any atom is -0.494 e. The Morgan fingerprint density at radius 2 is 1.90 bits per heavy atom. The minimum absolute atomic E-state index is 0.0558. The van der Waals surface area contributed by atoms with Gasteiger partial charge < -0.3 is 9.64 Å². The molecule has 4 heteroatoms. The van der Waals surface area contributed by atoms with Crippen molar-refractivity contribution in [3.05, 3.63) is 29.8 Å². The second-order valence-corrected chi connectivity index (χ2v) is 6.13. The summed E-state index contributed by atoms with van der Waals surface area (Å²) in [7, 11) is 4.33. The summed E-state index contributed by atoms with van der Waals surface area (Å²) in [5.74, 6) is 6.93. The maximum absolute atomic E-state index is 5.99. The van der Waals surface area contributed by atoms with Crippen molar-refractivity contribution in [1.29, 1.82) is 0 Å². The number of nitrogens with two attached hydrogens (primary N) is 1. The van der Waals surface area contributed by atoms with Gasteiger partial charge in [0.15, 0.2) is 0 Å². The third-order valence-electron chi connectivity index (χ3n) is 4.84. The highest BCUT2D eigenvalue weighted by atomic mass is 16.5. The van der Waals surface area contributed by atoms with E-state index in [0.29, 0.717) is 6.61 Å². The van der Waals surface area contributed by atoms with Crippen LogP contribution in [0.15, 0.2) is 24.3 Å². The van der Waals surface area contributed by atoms with E-state index >= 15 is 0 Å². The number of nitrogens with zero attached hydrogens (tertiary/aromatic N) is 1. The SMILES string of the molecule is CCOc1ccccc1C(NN)C1(N(C)C)CCCCC1. The summed E-state index contributed by atoms with van der Waals surface area (Å²) in [6.45, 7) is 2.69. The van der Waals surface area contributed by atoms with Crippen molar-refractivity contribution in [3.63, 3.8) is 0 Å². The molecule has 0 heterocycles. The number of hydrogen-bond acceptors (Lipinski definition) is 4. The van der Waals surface area contributed by atoms with E-state index in [9.17, 15) is 0 Å². The lowest BCUT2D eigenvalue weighted by molar-refractivity contribution is 0.0552. The van der Waals surface area contributed by atoms with Crippen molar-refractivity contribution < 1.29 is 4.74 Å². The quantitative estimate of drug-likeness (QED) is 0.625. The van der Waals surface area contributed by atoms with Crippen LogP contribution in [0.4, 0.5) is 0 Å². The second-order valence-electron chi connectivity index (χ2n) is 6.13. The van der Waals surface area contributed by atoms with Crippen molar-refractivity contribution in [3.8, 4) is 5.75 Å². The first-order valence-electron chi connectivity index (χ1n) is 8.01. The van der Waals surface area contributed by atoms with Gasteiger partial charge in [0, 0.05) is 11.1 Å². The average Bonchev–Trinajstić information content (AvgIpc) is 2.51. The number of para-hydroxylation sites is 1. The topological polar surface area (TPSA) is 50.5 Å². The van der Waals surface area contributed by atoms with Gasteiger partial charge in [-0.15, -0.1) is 0 Å². The monoisotopic (exact) mass is 291 g/mol. The molecule has 0 saturated heterocycles. The Morgan fingerprint density at radius 3 is 2.48 bits per heavy atom. The number of hydrazine groups is 1. The lowest BCUT2D eigenvalue weighted by atomic mass is 9.73. The molecule has 0 amide bonds. The molecule has 1 atom stereocenters. The van der Waals surface area contributed by atoms with Gasteiger partial charge in [-0.3, -0.25) is 11.3 Å². The summed E-state index contributed by atoms with van der Waals surface area (Å²) in [4.78, 5) is 2.35. The number of ether oxygens (including phenoxy) is 1. The predicted octanol–water partition coefficient (Wildman–Crippen LogP) is 2.85. The first-order chi connectivity index (χ1) is 10.2. The van der Waals surface area contributed by atoms with Gasteiger partial charge in [-0.25, -0.2) is 0 Å². The van der Waals surface area contributed by atoms with Gasteiger partial charge in [-0.1, -0.05) is 37.5 Å². The zero-order valence-electron chi connectivity index (χ0n) is 13.6. The fourth-order valence-corrected chi connectivity index (χ4v) is 3.70. The van der Waals surface area contributed by atoms with E-state index in [1.165, 1.54) is 19.3 Å². The summed E-state index contributed by atoms with van der Waals surface area (Å²) < 4.78 is 5.82. The van der Waals surface area contributed by atoms with Gasteiger partial charge in [0.25, 0.3) is 0 Å². The summed E-state index contributed by atoms with van der Waals surface area (Å²) in [6, 6.07) is 8.33. The standard InChI is InChI=1S/C17H29N3O/c1-4-21-15-11-7-6-10-14(15)16(19-18)17(20(2)3)12-8-5-9-13-17/h6-7,10-11,16,19H,4-5,8-9,12-13,18H2,1-3H3. The molecule has 0 bridgehead atoms. The van der Waals surface area contributed by atoms with E-state index in [-0.39, 0.29) is 11.6 Å². The molecule has 1 aromatic carbocycles. The van der Waals surface area contributed by atoms with Crippen LogP contribution in [0, 0.1) is 0 Å². The average molecular weight is 291 g/mol. The van der Waals surface area contributed by atoms with E-state index in [0.717, 1.165) is 24.2 Å². The highest BCUT2D eigenvalue weighted by Gasteiger charge is 2.43. The maximum atomic E-state index is 5.99. The lowest BCUT2D eigenvalue weighted by Crippen LogP contribution is -2.56. The zero-order valence-corrected chi connectivity index (χ0v) is 13.6. The van der Waals surface area contributed by atoms with Gasteiger partial charge in [0.05, 0.1) is 12.6 Å². The summed E-state index contributed by atoms with van der Waals surface area (Å²) in [5, 5.41) is 0. The summed E-state index contributed by atoms with van der Waals surface area (Å²) in [5.41, 5.74) is 4.31. The molecule has 0 aliphatic heterocycles. The molecule has 118 valence electrons. The number of nitrogens with one attached hydrogen (secondary N) is 1. The molecule has 0 radical (unpaired) electrons. The Hall–Kier alpha value is -1.10. The summed E-state index contributed by atoms with van der Waals surface area (Å²) in [6.07, 6.45) is 6.16. The molecule has 1 aliphatic carbocycles. The first-order valence-corrected chi connectivity index (χ1v) is 8.01. The van der Waals surface area contributed by atoms with Crippen molar-refractivity contribution >= 4 is 0 Å². The van der Waals surface area contributed by atoms with Gasteiger partial charge in [0.1, 0.15) is 5.75 Å². The van der Waals surface area contributed by atoms with Gasteiger partial charge in [0.2, 0.25) is 0 Å². The highest BCUT2D eigenvalue weighted by Crippen LogP contribution is 2.43. The molecule has 2 rings (SSSR count). The molecular weight excluding hydrogens is 262 g/mol. The van der Waals surface area contributed by atoms with Crippen LogP contribution in [0.25, 0.3) is 0 Å². The molecule has 4 nitrogen and oxygen atoms in total. The van der Waals surface area contributed by atoms with Gasteiger partial charge >= 0.3 is 0 Å². The molecule has 1 aliphatic rings. The van der Waals surface area contributed by atoms with Crippen LogP contribution in [0.2, 0.25) is 0 Å². The minimum atomic E-state index is 0.0558. The molecule has 1 aromatic rings. The largest absolute Gasteiger partial charge is 0.494 e. The van der Waals surface area contributed by atoms with Crippen molar-refractivity contribution in [1.82, 2.24) is 10.3 Å². The van der Waals surface area contributed by atoms with E-state index in [4.69, 9.17) is 10.6 Å². The number of rotatable bonds is 6. The molecule has 21 heavy (non-hydrogen) atoms. The van der Waals surface area contributed by atoms with Crippen molar-refractivity contribution in [2.24, 2.45) is 5.84 Å². The molecule has 1 saturated carbocycles. The Bertz CT molecular complexity index is 441. The fourth-order valence-electron chi connectivity index (χ4n) is 3.70. The van der Waals surface area contributed by atoms with Gasteiger partial charge in [-0.2, -0.15) is 0 Å². The zero-order chi connectivity index (χ0) is 15.3. The van der Waals surface area contributed by atoms with Crippen LogP contribution in [0.3, 0.4) is 0 Å². The Labute approximate surface area is 128 Å². The fraction of sp³-hybridized carbons (Fsp3) is 0.647. The number of likely N-dealkylation sites (N-methyl/N-ethyl adjacent to an activating group) is 1. The molecular formula is C17H29N3O. The van der Waals surface area contributed by atoms with Crippen LogP contribution >= 0.6 is 0 Å². The Morgan fingerprint density at radius 1 is 1.24 bits per heavy atom. The van der Waals surface area contributed by atoms with Crippen LogP contribution < -0.4 is 16.0 Å². The molecule has 3 N–H and O–H groups in total. The van der Waals surface area contributed by atoms with Crippen LogP contribution in [-0.2, 0) is 0 Å². The van der Waals surface area contributed by atoms with Gasteiger partial charge in [-0.05, 0) is 39.9 Å². The highest BCUT2D eigenvalue weighted by molar-refractivity contribution is 5.38. The van der Waals surface area contributed by atoms with Crippen molar-refractivity contribution in [2.75, 3.05) is 20.7 Å². The molecule has 0 aromatic heterocycles. The van der Waals surface area contributed by atoms with E-state index < -0.39 is 0 Å². The lowest BCUT2D eigenvalue weighted by Gasteiger charge is -2.48. The van der Waals surface area contributed by atoms with E-state index in [1.54, 1.807) is 0 Å². The van der Waals surface area contributed by atoms with Crippen LogP contribution in [0.1, 0.15) is 50.6 Å². The Kier molecular flexibility index (Phi) is 5.62. The number of hydrogen-bond donors (Lipinski definition) is 2. The smallest absolute Gasteiger partial charge is 0.124 e. The maximum Gasteiger partial charge on any atom is 0.124 e. The van der Waals surface area contributed by atoms with E-state index in [1.807, 2.05) is 19.1 Å². The number of benzene rings is 1. The first kappa shape index (κ1) is 16.3. The summed E-state index contributed by atoms with van der Waals surface area (Å²) >= 11 is 0. The third kappa shape index (κ3) is 3.23. The second kappa shape index (κ2) is 7.25. The normalized spacial score (nSPS) is 19.5. The Balaban J connectivity index is 2.41. The van der Waals surface area contributed by atoms with E-state index in [2.05, 4.69) is 36.6 Å². The molecule has 1 unspecified atom stereocenters.